The van der Waals surface area contributed by atoms with Crippen molar-refractivity contribution in [3.63, 3.8) is 0 Å². The topological polar surface area (TPSA) is 237 Å². The highest BCUT2D eigenvalue weighted by Crippen LogP contribution is 2.45. The first-order valence-electron chi connectivity index (χ1n) is 29.0. The summed E-state index contributed by atoms with van der Waals surface area (Å²) in [6.45, 7) is 9.19. The van der Waals surface area contributed by atoms with Gasteiger partial charge in [-0.3, -0.25) is 37.3 Å². The number of hydrogen-bond acceptors (Lipinski definition) is 15. The van der Waals surface area contributed by atoms with Gasteiger partial charge in [0.2, 0.25) is 0 Å². The maximum Gasteiger partial charge on any atom is 0.472 e. The predicted octanol–water partition coefficient (Wildman–Crippen LogP) is 14.1. The highest BCUT2D eigenvalue weighted by atomic mass is 31.2. The number of phosphoric acid groups is 2. The number of rotatable bonds is 54. The molecule has 0 rings (SSSR count). The van der Waals surface area contributed by atoms with E-state index in [2.05, 4.69) is 41.5 Å². The second kappa shape index (κ2) is 48.2. The minimum atomic E-state index is -4.93. The fourth-order valence-corrected chi connectivity index (χ4v) is 9.52. The van der Waals surface area contributed by atoms with E-state index in [1.807, 2.05) is 0 Å². The first-order valence-corrected chi connectivity index (χ1v) is 32.0. The molecule has 0 saturated heterocycles. The van der Waals surface area contributed by atoms with Crippen molar-refractivity contribution in [2.24, 2.45) is 11.8 Å². The Kier molecular flexibility index (Phi) is 46.9. The van der Waals surface area contributed by atoms with Crippen molar-refractivity contribution in [1.29, 1.82) is 0 Å². The smallest absolute Gasteiger partial charge is 0.462 e. The van der Waals surface area contributed by atoms with Gasteiger partial charge in [0.25, 0.3) is 0 Å². The summed E-state index contributed by atoms with van der Waals surface area (Å²) in [6.07, 6.45) is 27.2. The maximum absolute atomic E-state index is 12.9. The van der Waals surface area contributed by atoms with Crippen LogP contribution in [0, 0.1) is 11.8 Å². The standard InChI is InChI=1S/C55H106O17P2/c1-7-9-11-13-14-15-20-27-33-39-54(59)71-50(43-65-52(57)37-31-23-12-10-8-2)45-69-73(61,62)67-41-49(56)42-68-74(63,64)70-46-51(72-55(60)40-34-28-22-17-19-25-30-36-48(5)6)44-66-53(58)38-32-26-21-16-18-24-29-35-47(3)4/h47-51,56H,7-46H2,1-6H3,(H,61,62)(H,63,64)/t49-,50+,51+/m0/s1. The summed E-state index contributed by atoms with van der Waals surface area (Å²) in [4.78, 5) is 71.4. The average Bonchev–Trinajstić information content (AvgIpc) is 3.35. The van der Waals surface area contributed by atoms with E-state index in [0.717, 1.165) is 103 Å². The van der Waals surface area contributed by atoms with Gasteiger partial charge in [-0.15, -0.1) is 0 Å². The Morgan fingerprint density at radius 1 is 0.365 bits per heavy atom. The predicted molar refractivity (Wildman–Crippen MR) is 289 cm³/mol. The molecule has 0 fully saturated rings. The van der Waals surface area contributed by atoms with Gasteiger partial charge in [-0.2, -0.15) is 0 Å². The van der Waals surface area contributed by atoms with E-state index < -0.39 is 97.5 Å². The van der Waals surface area contributed by atoms with Gasteiger partial charge >= 0.3 is 39.5 Å². The number of aliphatic hydroxyl groups excluding tert-OH is 1. The van der Waals surface area contributed by atoms with E-state index >= 15 is 0 Å². The third-order valence-corrected chi connectivity index (χ3v) is 14.4. The quantitative estimate of drug-likeness (QED) is 0.0222. The molecule has 0 aliphatic rings. The van der Waals surface area contributed by atoms with E-state index in [1.54, 1.807) is 0 Å². The molecule has 3 N–H and O–H groups in total. The lowest BCUT2D eigenvalue weighted by Gasteiger charge is -2.21. The van der Waals surface area contributed by atoms with Gasteiger partial charge in [0, 0.05) is 25.7 Å². The minimum absolute atomic E-state index is 0.102. The number of unbranched alkanes of at least 4 members (excludes halogenated alkanes) is 24. The second-order valence-electron chi connectivity index (χ2n) is 20.9. The normalized spacial score (nSPS) is 14.6. The molecular weight excluding hydrogens is 995 g/mol. The van der Waals surface area contributed by atoms with E-state index in [4.69, 9.17) is 37.0 Å². The van der Waals surface area contributed by atoms with Gasteiger partial charge in [0.15, 0.2) is 12.2 Å². The monoisotopic (exact) mass is 1100 g/mol. The van der Waals surface area contributed by atoms with Crippen LogP contribution < -0.4 is 0 Å². The molecule has 2 unspecified atom stereocenters. The molecule has 0 aromatic rings. The van der Waals surface area contributed by atoms with Gasteiger partial charge in [0.05, 0.1) is 26.4 Å². The summed E-state index contributed by atoms with van der Waals surface area (Å²) in [5.74, 6) is -0.761. The lowest BCUT2D eigenvalue weighted by atomic mass is 10.0. The number of esters is 4. The third kappa shape index (κ3) is 49.6. The molecule has 17 nitrogen and oxygen atoms in total. The van der Waals surface area contributed by atoms with Crippen molar-refractivity contribution >= 4 is 39.5 Å². The second-order valence-corrected chi connectivity index (χ2v) is 23.8. The van der Waals surface area contributed by atoms with E-state index in [-0.39, 0.29) is 25.7 Å². The molecule has 0 aromatic heterocycles. The molecule has 0 heterocycles. The number of carbonyl (C=O) groups is 4. The molecule has 0 radical (unpaired) electrons. The molecule has 5 atom stereocenters. The van der Waals surface area contributed by atoms with Crippen LogP contribution in [0.2, 0.25) is 0 Å². The Hall–Kier alpha value is -1.94. The lowest BCUT2D eigenvalue weighted by Crippen LogP contribution is -2.30. The molecule has 0 aliphatic heterocycles. The van der Waals surface area contributed by atoms with Crippen LogP contribution in [0.25, 0.3) is 0 Å². The minimum Gasteiger partial charge on any atom is -0.462 e. The molecule has 0 spiro atoms. The zero-order valence-electron chi connectivity index (χ0n) is 47.1. The van der Waals surface area contributed by atoms with Crippen LogP contribution in [-0.2, 0) is 65.4 Å². The van der Waals surface area contributed by atoms with Gasteiger partial charge in [-0.25, -0.2) is 9.13 Å². The first-order chi connectivity index (χ1) is 35.4. The van der Waals surface area contributed by atoms with Crippen LogP contribution in [0.1, 0.15) is 260 Å². The summed E-state index contributed by atoms with van der Waals surface area (Å²) >= 11 is 0. The van der Waals surface area contributed by atoms with E-state index in [9.17, 15) is 43.2 Å². The van der Waals surface area contributed by atoms with Gasteiger partial charge in [-0.05, 0) is 37.5 Å². The zero-order valence-corrected chi connectivity index (χ0v) is 48.9. The van der Waals surface area contributed by atoms with Crippen molar-refractivity contribution in [3.8, 4) is 0 Å². The van der Waals surface area contributed by atoms with Crippen LogP contribution in [0.3, 0.4) is 0 Å². The van der Waals surface area contributed by atoms with Crippen molar-refractivity contribution in [2.45, 2.75) is 278 Å². The molecule has 0 saturated carbocycles. The highest BCUT2D eigenvalue weighted by molar-refractivity contribution is 7.47. The lowest BCUT2D eigenvalue weighted by molar-refractivity contribution is -0.161. The summed E-state index contributed by atoms with van der Waals surface area (Å²) in [6, 6.07) is 0. The largest absolute Gasteiger partial charge is 0.472 e. The third-order valence-electron chi connectivity index (χ3n) is 12.5. The Morgan fingerprint density at radius 3 is 0.919 bits per heavy atom. The number of carbonyl (C=O) groups excluding carboxylic acids is 4. The van der Waals surface area contributed by atoms with Gasteiger partial charge in [0.1, 0.15) is 19.3 Å². The molecule has 19 heteroatoms. The molecule has 74 heavy (non-hydrogen) atoms. The van der Waals surface area contributed by atoms with Crippen LogP contribution >= 0.6 is 15.6 Å². The Labute approximate surface area is 447 Å². The van der Waals surface area contributed by atoms with Crippen LogP contribution in [-0.4, -0.2) is 96.7 Å². The molecule has 0 bridgehead atoms. The van der Waals surface area contributed by atoms with Crippen LogP contribution in [0.4, 0.5) is 0 Å². The maximum atomic E-state index is 12.9. The summed E-state index contributed by atoms with van der Waals surface area (Å²) in [7, 11) is -9.86. The van der Waals surface area contributed by atoms with Crippen LogP contribution in [0.15, 0.2) is 0 Å². The van der Waals surface area contributed by atoms with Crippen LogP contribution in [0.5, 0.6) is 0 Å². The highest BCUT2D eigenvalue weighted by Gasteiger charge is 2.30. The summed E-state index contributed by atoms with van der Waals surface area (Å²) in [5.41, 5.74) is 0. The van der Waals surface area contributed by atoms with E-state index in [1.165, 1.54) is 64.2 Å². The van der Waals surface area contributed by atoms with Crippen molar-refractivity contribution in [1.82, 2.24) is 0 Å². The molecule has 438 valence electrons. The average molecular weight is 1100 g/mol. The summed E-state index contributed by atoms with van der Waals surface area (Å²) in [5, 5.41) is 10.4. The van der Waals surface area contributed by atoms with Gasteiger partial charge in [-0.1, -0.05) is 208 Å². The number of aliphatic hydroxyl groups is 1. The fourth-order valence-electron chi connectivity index (χ4n) is 7.94. The zero-order chi connectivity index (χ0) is 55.1. The molecular formula is C55H106O17P2. The number of ether oxygens (including phenoxy) is 4. The SMILES string of the molecule is CCCCCCCCCCCC(=O)O[C@H](COC(=O)CCCCCCC)COP(=O)(O)OC[C@H](O)COP(=O)(O)OC[C@@H](COC(=O)CCCCCCCCCC(C)C)OC(=O)CCCCCCCCCC(C)C. The summed E-state index contributed by atoms with van der Waals surface area (Å²) < 4.78 is 67.3. The van der Waals surface area contributed by atoms with E-state index in [0.29, 0.717) is 37.5 Å². The van der Waals surface area contributed by atoms with Gasteiger partial charge < -0.3 is 33.8 Å². The molecule has 0 aliphatic carbocycles. The van der Waals surface area contributed by atoms with Crippen molar-refractivity contribution < 1.29 is 80.2 Å². The Balaban J connectivity index is 5.19. The molecule has 0 amide bonds. The number of hydrogen-bond donors (Lipinski definition) is 3. The Morgan fingerprint density at radius 2 is 0.622 bits per heavy atom. The van der Waals surface area contributed by atoms with Crippen molar-refractivity contribution in [2.75, 3.05) is 39.6 Å². The number of phosphoric ester groups is 2. The molecule has 0 aromatic carbocycles. The Bertz CT molecular complexity index is 1480. The fraction of sp³-hybridized carbons (Fsp3) is 0.927. The first kappa shape index (κ1) is 72.1. The van der Waals surface area contributed by atoms with Crippen molar-refractivity contribution in [3.05, 3.63) is 0 Å².